The van der Waals surface area contributed by atoms with Crippen molar-refractivity contribution in [1.29, 1.82) is 0 Å². The Morgan fingerprint density at radius 2 is 1.97 bits per heavy atom. The molecular weight excluding hydrogens is 372 g/mol. The summed E-state index contributed by atoms with van der Waals surface area (Å²) in [6, 6.07) is 12.4. The average Bonchev–Trinajstić information content (AvgIpc) is 3.54. The van der Waals surface area contributed by atoms with Crippen LogP contribution in [0.25, 0.3) is 11.4 Å². The summed E-state index contributed by atoms with van der Waals surface area (Å²) in [5, 5.41) is 4.86. The molecule has 1 unspecified atom stereocenters. The fourth-order valence-electron chi connectivity index (χ4n) is 3.78. The second-order valence-corrected chi connectivity index (χ2v) is 8.18. The molecule has 152 valence electrons. The molecule has 1 atom stereocenters. The predicted octanol–water partition coefficient (Wildman–Crippen LogP) is 4.26. The van der Waals surface area contributed by atoms with Crippen LogP contribution in [0.3, 0.4) is 0 Å². The minimum atomic E-state index is 0.200. The molecule has 1 saturated carbocycles. The van der Waals surface area contributed by atoms with Gasteiger partial charge in [-0.05, 0) is 61.9 Å². The normalized spacial score (nSPS) is 18.6. The van der Waals surface area contributed by atoms with E-state index in [0.29, 0.717) is 12.3 Å². The van der Waals surface area contributed by atoms with E-state index in [2.05, 4.69) is 41.1 Å². The number of hydrogen-bond acceptors (Lipinski definition) is 4. The number of nitrogens with zero attached hydrogens (tertiary/aromatic N) is 4. The van der Waals surface area contributed by atoms with Gasteiger partial charge in [0.2, 0.25) is 0 Å². The Morgan fingerprint density at radius 1 is 1.07 bits per heavy atom. The van der Waals surface area contributed by atoms with Crippen LogP contribution < -0.4 is 0 Å². The zero-order valence-electron chi connectivity index (χ0n) is 17.1. The summed E-state index contributed by atoms with van der Waals surface area (Å²) in [5.41, 5.74) is 3.26. The van der Waals surface area contributed by atoms with Crippen molar-refractivity contribution in [3.63, 3.8) is 0 Å². The van der Waals surface area contributed by atoms with Crippen LogP contribution in [0.5, 0.6) is 0 Å². The van der Waals surface area contributed by atoms with Gasteiger partial charge in [-0.2, -0.15) is 5.10 Å². The van der Waals surface area contributed by atoms with E-state index >= 15 is 0 Å². The molecule has 1 aliphatic carbocycles. The molecular formula is C25H26N4O. The van der Waals surface area contributed by atoms with Gasteiger partial charge < -0.3 is 4.74 Å². The second-order valence-electron chi connectivity index (χ2n) is 8.18. The smallest absolute Gasteiger partial charge is 0.158 e. The lowest BCUT2D eigenvalue weighted by Crippen LogP contribution is -2.25. The summed E-state index contributed by atoms with van der Waals surface area (Å²) >= 11 is 0. The molecule has 0 amide bonds. The average molecular weight is 399 g/mol. The molecule has 1 aromatic carbocycles. The molecule has 30 heavy (non-hydrogen) atoms. The molecule has 2 fully saturated rings. The van der Waals surface area contributed by atoms with E-state index in [1.807, 2.05) is 29.2 Å². The molecule has 5 heteroatoms. The number of rotatable bonds is 5. The van der Waals surface area contributed by atoms with Crippen molar-refractivity contribution in [2.75, 3.05) is 6.61 Å². The minimum Gasteiger partial charge on any atom is -0.376 e. The zero-order valence-corrected chi connectivity index (χ0v) is 17.1. The number of hydrogen-bond donors (Lipinski definition) is 0. The maximum Gasteiger partial charge on any atom is 0.158 e. The van der Waals surface area contributed by atoms with Gasteiger partial charge in [-0.25, -0.2) is 9.67 Å². The first kappa shape index (κ1) is 19.0. The third-order valence-electron chi connectivity index (χ3n) is 5.60. The molecule has 0 spiro atoms. The van der Waals surface area contributed by atoms with Crippen LogP contribution in [0.2, 0.25) is 0 Å². The van der Waals surface area contributed by atoms with Crippen LogP contribution in [-0.4, -0.2) is 32.5 Å². The Balaban J connectivity index is 1.45. The highest BCUT2D eigenvalue weighted by Crippen LogP contribution is 2.28. The van der Waals surface area contributed by atoms with Crippen molar-refractivity contribution in [3.8, 4) is 23.2 Å². The van der Waals surface area contributed by atoms with Crippen molar-refractivity contribution in [3.05, 3.63) is 65.7 Å². The summed E-state index contributed by atoms with van der Waals surface area (Å²) < 4.78 is 8.00. The molecule has 2 aliphatic rings. The topological polar surface area (TPSA) is 52.8 Å². The van der Waals surface area contributed by atoms with Crippen LogP contribution >= 0.6 is 0 Å². The van der Waals surface area contributed by atoms with Gasteiger partial charge in [-0.1, -0.05) is 24.0 Å². The number of pyridine rings is 1. The molecule has 0 radical (unpaired) electrons. The van der Waals surface area contributed by atoms with Gasteiger partial charge in [-0.3, -0.25) is 4.98 Å². The largest absolute Gasteiger partial charge is 0.376 e. The highest BCUT2D eigenvalue weighted by molar-refractivity contribution is 5.59. The van der Waals surface area contributed by atoms with E-state index in [9.17, 15) is 0 Å². The maximum atomic E-state index is 5.98. The maximum absolute atomic E-state index is 5.98. The Labute approximate surface area is 177 Å². The molecule has 5 nitrogen and oxygen atoms in total. The molecule has 0 N–H and O–H groups in total. The number of benzene rings is 1. The Kier molecular flexibility index (Phi) is 5.58. The first-order chi connectivity index (χ1) is 14.8. The summed E-state index contributed by atoms with van der Waals surface area (Å²) in [5.74, 6) is 8.98. The molecule has 3 aromatic rings. The third kappa shape index (κ3) is 4.77. The Morgan fingerprint density at radius 3 is 2.77 bits per heavy atom. The summed E-state index contributed by atoms with van der Waals surface area (Å²) in [7, 11) is 0. The standard InChI is InChI=1S/C25H26N4O/c1-2-15-30-23(6-1)18-29-25(27-24(28-29)17-21-11-13-26-14-12-21)22-5-3-4-20(16-22)10-9-19-7-8-19/h3-5,11-14,16,19,23H,1-2,6-8,15,17-18H2. The Bertz CT molecular complexity index is 1050. The lowest BCUT2D eigenvalue weighted by Gasteiger charge is -2.22. The number of aromatic nitrogens is 4. The fraction of sp³-hybridized carbons (Fsp3) is 0.400. The highest BCUT2D eigenvalue weighted by atomic mass is 16.5. The number of ether oxygens (including phenoxy) is 1. The third-order valence-corrected chi connectivity index (χ3v) is 5.60. The second kappa shape index (κ2) is 8.81. The molecule has 2 aromatic heterocycles. The molecule has 1 aliphatic heterocycles. The van der Waals surface area contributed by atoms with Gasteiger partial charge in [0.25, 0.3) is 0 Å². The van der Waals surface area contributed by atoms with Crippen LogP contribution in [0.15, 0.2) is 48.8 Å². The van der Waals surface area contributed by atoms with Gasteiger partial charge in [0, 0.05) is 42.5 Å². The van der Waals surface area contributed by atoms with Gasteiger partial charge in [0.15, 0.2) is 11.6 Å². The van der Waals surface area contributed by atoms with E-state index in [-0.39, 0.29) is 6.10 Å². The van der Waals surface area contributed by atoms with Crippen molar-refractivity contribution >= 4 is 0 Å². The van der Waals surface area contributed by atoms with E-state index < -0.39 is 0 Å². The van der Waals surface area contributed by atoms with Crippen molar-refractivity contribution in [2.24, 2.45) is 5.92 Å². The molecule has 5 rings (SSSR count). The minimum absolute atomic E-state index is 0.200. The predicted molar refractivity (Wildman–Crippen MR) is 116 cm³/mol. The molecule has 1 saturated heterocycles. The van der Waals surface area contributed by atoms with E-state index in [4.69, 9.17) is 14.8 Å². The van der Waals surface area contributed by atoms with Crippen molar-refractivity contribution in [1.82, 2.24) is 19.7 Å². The highest BCUT2D eigenvalue weighted by Gasteiger charge is 2.20. The van der Waals surface area contributed by atoms with E-state index in [1.165, 1.54) is 19.3 Å². The van der Waals surface area contributed by atoms with Crippen molar-refractivity contribution < 1.29 is 4.74 Å². The lowest BCUT2D eigenvalue weighted by atomic mass is 10.1. The molecule has 3 heterocycles. The van der Waals surface area contributed by atoms with Crippen LogP contribution in [0, 0.1) is 17.8 Å². The van der Waals surface area contributed by atoms with E-state index in [0.717, 1.165) is 54.3 Å². The van der Waals surface area contributed by atoms with Gasteiger partial charge in [-0.15, -0.1) is 0 Å². The molecule has 0 bridgehead atoms. The van der Waals surface area contributed by atoms with Gasteiger partial charge >= 0.3 is 0 Å². The van der Waals surface area contributed by atoms with E-state index in [1.54, 1.807) is 0 Å². The van der Waals surface area contributed by atoms with Gasteiger partial charge in [0.1, 0.15) is 0 Å². The summed E-state index contributed by atoms with van der Waals surface area (Å²) in [6.45, 7) is 1.57. The zero-order chi connectivity index (χ0) is 20.2. The SMILES string of the molecule is C(#CC1CC1)c1cccc(-c2nc(Cc3ccncc3)nn2CC2CCCCO2)c1. The summed E-state index contributed by atoms with van der Waals surface area (Å²) in [4.78, 5) is 9.02. The van der Waals surface area contributed by atoms with Crippen LogP contribution in [-0.2, 0) is 17.7 Å². The van der Waals surface area contributed by atoms with Crippen LogP contribution in [0.1, 0.15) is 49.1 Å². The lowest BCUT2D eigenvalue weighted by molar-refractivity contribution is 0.00420. The first-order valence-corrected chi connectivity index (χ1v) is 10.9. The van der Waals surface area contributed by atoms with Crippen molar-refractivity contribution in [2.45, 2.75) is 51.2 Å². The fourth-order valence-corrected chi connectivity index (χ4v) is 3.78. The van der Waals surface area contributed by atoms with Crippen LogP contribution in [0.4, 0.5) is 0 Å². The Hall–Kier alpha value is -2.97. The van der Waals surface area contributed by atoms with Gasteiger partial charge in [0.05, 0.1) is 12.6 Å². The first-order valence-electron chi connectivity index (χ1n) is 10.9. The monoisotopic (exact) mass is 398 g/mol. The summed E-state index contributed by atoms with van der Waals surface area (Å²) in [6.07, 6.45) is 10.4. The quantitative estimate of drug-likeness (QED) is 0.603.